The van der Waals surface area contributed by atoms with Crippen LogP contribution in [0, 0.1) is 10.8 Å². The minimum absolute atomic E-state index is 0.0169. The smallest absolute Gasteiger partial charge is 0.414 e. The average Bonchev–Trinajstić information content (AvgIpc) is 3.16. The Labute approximate surface area is 313 Å². The van der Waals surface area contributed by atoms with Gasteiger partial charge in [0.05, 0.1) is 40.1 Å². The Bertz CT molecular complexity index is 1970. The number of pyridine rings is 2. The molecule has 2 aromatic carbocycles. The van der Waals surface area contributed by atoms with Crippen molar-refractivity contribution in [1.82, 2.24) is 20.2 Å². The molecule has 2 atom stereocenters. The Morgan fingerprint density at radius 3 is 1.65 bits per heavy atom. The monoisotopic (exact) mass is 738 g/mol. The molecule has 2 aromatic heterocycles. The molecule has 0 saturated carbocycles. The van der Waals surface area contributed by atoms with Gasteiger partial charge in [-0.2, -0.15) is 0 Å². The van der Waals surface area contributed by atoms with E-state index in [0.717, 1.165) is 48.7 Å². The van der Waals surface area contributed by atoms with Crippen molar-refractivity contribution in [3.05, 3.63) is 131 Å². The fourth-order valence-electron chi connectivity index (χ4n) is 8.15. The Morgan fingerprint density at radius 1 is 0.750 bits per heavy atom. The third kappa shape index (κ3) is 6.44. The van der Waals surface area contributed by atoms with Crippen LogP contribution in [0.15, 0.2) is 110 Å². The maximum atomic E-state index is 13.4. The van der Waals surface area contributed by atoms with Crippen LogP contribution in [0.5, 0.6) is 0 Å². The number of hydrogen-bond donors (Lipinski definition) is 1. The summed E-state index contributed by atoms with van der Waals surface area (Å²) in [7, 11) is 0. The number of aromatic nitrogens is 2. The van der Waals surface area contributed by atoms with Crippen LogP contribution in [0.3, 0.4) is 0 Å². The molecule has 0 radical (unpaired) electrons. The molecular weight excluding hydrogens is 699 g/mol. The lowest BCUT2D eigenvalue weighted by molar-refractivity contribution is -0.144. The number of ether oxygens (including phenoxy) is 1. The molecule has 0 aliphatic carbocycles. The summed E-state index contributed by atoms with van der Waals surface area (Å²) in [5.74, 6) is 0.591. The van der Waals surface area contributed by atoms with Crippen molar-refractivity contribution >= 4 is 52.5 Å². The second kappa shape index (κ2) is 14.7. The van der Waals surface area contributed by atoms with Gasteiger partial charge in [-0.05, 0) is 106 Å². The van der Waals surface area contributed by atoms with Crippen molar-refractivity contribution in [2.75, 3.05) is 36.0 Å². The van der Waals surface area contributed by atoms with Crippen molar-refractivity contribution in [1.29, 1.82) is 0 Å². The highest BCUT2D eigenvalue weighted by atomic mass is 35.5. The Hall–Kier alpha value is -4.77. The van der Waals surface area contributed by atoms with Gasteiger partial charge in [0.15, 0.2) is 0 Å². The Kier molecular flexibility index (Phi) is 10.1. The lowest BCUT2D eigenvalue weighted by Gasteiger charge is -2.58. The van der Waals surface area contributed by atoms with Gasteiger partial charge in [-0.1, -0.05) is 54.0 Å². The third-order valence-electron chi connectivity index (χ3n) is 10.6. The fourth-order valence-corrected chi connectivity index (χ4v) is 8.52. The molecule has 0 bridgehead atoms. The molecule has 4 saturated heterocycles. The van der Waals surface area contributed by atoms with E-state index in [4.69, 9.17) is 27.9 Å². The van der Waals surface area contributed by atoms with E-state index in [1.165, 1.54) is 0 Å². The molecule has 12 heteroatoms. The predicted molar refractivity (Wildman–Crippen MR) is 201 cm³/mol. The molecule has 4 aliphatic heterocycles. The van der Waals surface area contributed by atoms with Gasteiger partial charge in [-0.25, -0.2) is 4.79 Å². The molecule has 1 N–H and O–H groups in total. The van der Waals surface area contributed by atoms with Gasteiger partial charge in [0.25, 0.3) is 0 Å². The molecule has 8 rings (SSSR count). The number of nitrogens with zero attached hydrogens (tertiary/aromatic N) is 5. The first-order valence-corrected chi connectivity index (χ1v) is 18.2. The van der Waals surface area contributed by atoms with Gasteiger partial charge in [0.2, 0.25) is 11.8 Å². The maximum Gasteiger partial charge on any atom is 0.414 e. The molecule has 52 heavy (non-hydrogen) atoms. The summed E-state index contributed by atoms with van der Waals surface area (Å²) < 4.78 is 5.12. The van der Waals surface area contributed by atoms with Gasteiger partial charge in [-0.15, -0.1) is 0 Å². The van der Waals surface area contributed by atoms with Gasteiger partial charge in [0.1, 0.15) is 0 Å². The number of β-lactam (4-membered cyclic amide) rings is 2. The minimum atomic E-state index is -0.587. The number of piperidine rings is 2. The van der Waals surface area contributed by atoms with E-state index in [1.807, 2.05) is 77.7 Å². The normalized spacial score (nSPS) is 21.5. The quantitative estimate of drug-likeness (QED) is 0.165. The molecule has 4 aromatic rings. The lowest BCUT2D eigenvalue weighted by Crippen LogP contribution is -2.67. The number of hydrogen-bond acceptors (Lipinski definition) is 7. The molecule has 10 nitrogen and oxygen atoms in total. The van der Waals surface area contributed by atoms with Crippen molar-refractivity contribution in [2.24, 2.45) is 10.8 Å². The standard InChI is InChI=1S/C22H22ClN3O3.C18H18ClN3O/c1-15(2)29-21(28)25-12-9-22(10-13-25)19(18-8-3-4-11-24-18)26(20(22)27)17-7-5-6-16(23)14-17;19-13-4-3-5-14(12-13)22-16(15-6-1-2-9-21-15)18(17(22)23)7-10-20-11-8-18/h3-8,11,14,19H,1,9-10,12-13H2,2H3;1-6,9,12,16,20H,7-8,10-11H2. The molecule has 3 amide bonds. The molecule has 6 heterocycles. The third-order valence-corrected chi connectivity index (χ3v) is 11.1. The van der Waals surface area contributed by atoms with Crippen LogP contribution in [0.1, 0.15) is 56.1 Å². The Morgan fingerprint density at radius 2 is 1.23 bits per heavy atom. The number of rotatable bonds is 5. The summed E-state index contributed by atoms with van der Waals surface area (Å²) in [4.78, 5) is 53.0. The first-order valence-electron chi connectivity index (χ1n) is 17.5. The zero-order valence-electron chi connectivity index (χ0n) is 28.9. The topological polar surface area (TPSA) is 108 Å². The first kappa shape index (κ1) is 35.6. The number of anilines is 2. The summed E-state index contributed by atoms with van der Waals surface area (Å²) in [5, 5.41) is 4.57. The van der Waals surface area contributed by atoms with Crippen molar-refractivity contribution in [3.63, 3.8) is 0 Å². The zero-order valence-corrected chi connectivity index (χ0v) is 30.4. The summed E-state index contributed by atoms with van der Waals surface area (Å²) in [5.41, 5.74) is 2.48. The van der Waals surface area contributed by atoms with Gasteiger partial charge in [-0.3, -0.25) is 19.6 Å². The van der Waals surface area contributed by atoms with E-state index in [-0.39, 0.29) is 29.3 Å². The van der Waals surface area contributed by atoms with Crippen LogP contribution in [0.25, 0.3) is 0 Å². The number of carbonyl (C=O) groups excluding carboxylic acids is 3. The van der Waals surface area contributed by atoms with E-state index in [1.54, 1.807) is 41.2 Å². The van der Waals surface area contributed by atoms with Crippen LogP contribution >= 0.6 is 23.2 Å². The summed E-state index contributed by atoms with van der Waals surface area (Å²) in [6.45, 7) is 7.89. The molecule has 268 valence electrons. The van der Waals surface area contributed by atoms with Crippen LogP contribution in [-0.2, 0) is 14.3 Å². The predicted octanol–water partition coefficient (Wildman–Crippen LogP) is 7.77. The number of halogens is 2. The highest BCUT2D eigenvalue weighted by molar-refractivity contribution is 6.31. The molecule has 2 unspecified atom stereocenters. The van der Waals surface area contributed by atoms with Gasteiger partial charge < -0.3 is 24.8 Å². The van der Waals surface area contributed by atoms with Crippen molar-refractivity contribution < 1.29 is 19.1 Å². The molecular formula is C40H40Cl2N6O4. The zero-order chi connectivity index (χ0) is 36.5. The van der Waals surface area contributed by atoms with Gasteiger partial charge in [0, 0.05) is 46.9 Å². The molecule has 2 spiro atoms. The molecule has 4 fully saturated rings. The maximum absolute atomic E-state index is 13.4. The highest BCUT2D eigenvalue weighted by Crippen LogP contribution is 2.58. The number of likely N-dealkylation sites (tertiary alicyclic amines) is 1. The number of allylic oxidation sites excluding steroid dienone is 1. The van der Waals surface area contributed by atoms with Crippen LogP contribution in [0.2, 0.25) is 10.0 Å². The number of nitrogens with one attached hydrogen (secondary N) is 1. The van der Waals surface area contributed by atoms with E-state index < -0.39 is 11.5 Å². The first-order chi connectivity index (χ1) is 25.1. The van der Waals surface area contributed by atoms with Crippen LogP contribution in [-0.4, -0.2) is 59.0 Å². The molecule has 4 aliphatic rings. The van der Waals surface area contributed by atoms with Crippen molar-refractivity contribution in [2.45, 2.75) is 44.7 Å². The lowest BCUT2D eigenvalue weighted by atomic mass is 9.63. The minimum Gasteiger partial charge on any atom is -0.416 e. The second-order valence-corrected chi connectivity index (χ2v) is 14.6. The summed E-state index contributed by atoms with van der Waals surface area (Å²) in [6.07, 6.45) is 5.92. The second-order valence-electron chi connectivity index (χ2n) is 13.7. The largest absolute Gasteiger partial charge is 0.416 e. The summed E-state index contributed by atoms with van der Waals surface area (Å²) >= 11 is 12.3. The highest BCUT2D eigenvalue weighted by Gasteiger charge is 2.63. The van der Waals surface area contributed by atoms with Crippen LogP contribution in [0.4, 0.5) is 16.2 Å². The Balaban J connectivity index is 0.000000166. The van der Waals surface area contributed by atoms with E-state index in [9.17, 15) is 14.4 Å². The fraction of sp³-hybridized carbons (Fsp3) is 0.325. The number of carbonyl (C=O) groups is 3. The number of amides is 3. The van der Waals surface area contributed by atoms with E-state index in [0.29, 0.717) is 41.7 Å². The average molecular weight is 740 g/mol. The van der Waals surface area contributed by atoms with E-state index in [2.05, 4.69) is 21.9 Å². The number of benzene rings is 2. The SMILES string of the molecule is C=C(C)OC(=O)N1CCC2(CC1)C(=O)N(c1cccc(Cl)c1)C2c1ccccn1.O=C1N(c2cccc(Cl)c2)C(c2ccccn2)C12CCNCC2. The van der Waals surface area contributed by atoms with Gasteiger partial charge >= 0.3 is 6.09 Å². The van der Waals surface area contributed by atoms with Crippen LogP contribution < -0.4 is 15.1 Å². The van der Waals surface area contributed by atoms with E-state index >= 15 is 0 Å². The van der Waals surface area contributed by atoms with Crippen molar-refractivity contribution in [3.8, 4) is 0 Å². The summed E-state index contributed by atoms with van der Waals surface area (Å²) in [6, 6.07) is 26.2.